The number of anilines is 2. The van der Waals surface area contributed by atoms with E-state index in [1.54, 1.807) is 44.6 Å². The fraction of sp³-hybridized carbons (Fsp3) is 0.125. The van der Waals surface area contributed by atoms with Gasteiger partial charge in [-0.1, -0.05) is 6.07 Å². The Hall–Kier alpha value is -2.80. The van der Waals surface area contributed by atoms with Gasteiger partial charge in [-0.2, -0.15) is 0 Å². The fourth-order valence-electron chi connectivity index (χ4n) is 1.94. The van der Waals surface area contributed by atoms with Gasteiger partial charge in [0.05, 0.1) is 19.8 Å². The van der Waals surface area contributed by atoms with Crippen LogP contribution in [0.1, 0.15) is 10.4 Å². The monoisotopic (exact) mass is 332 g/mol. The van der Waals surface area contributed by atoms with Gasteiger partial charge in [-0.05, 0) is 42.5 Å². The Morgan fingerprint density at radius 3 is 2.26 bits per heavy atom. The van der Waals surface area contributed by atoms with Crippen LogP contribution in [-0.4, -0.2) is 30.4 Å². The highest BCUT2D eigenvalue weighted by atomic mass is 32.1. The molecule has 7 heteroatoms. The normalized spacial score (nSPS) is 9.83. The molecule has 0 aromatic heterocycles. The van der Waals surface area contributed by atoms with E-state index in [-0.39, 0.29) is 5.56 Å². The number of ether oxygens (including phenoxy) is 2. The van der Waals surface area contributed by atoms with Gasteiger partial charge in [0.15, 0.2) is 16.6 Å². The molecule has 23 heavy (non-hydrogen) atoms. The maximum Gasteiger partial charge on any atom is 0.335 e. The summed E-state index contributed by atoms with van der Waals surface area (Å²) >= 11 is 5.23. The molecule has 0 fully saturated rings. The van der Waals surface area contributed by atoms with Gasteiger partial charge >= 0.3 is 5.97 Å². The van der Waals surface area contributed by atoms with Crippen LogP contribution in [0.15, 0.2) is 42.5 Å². The Morgan fingerprint density at radius 1 is 1.00 bits per heavy atom. The smallest absolute Gasteiger partial charge is 0.335 e. The van der Waals surface area contributed by atoms with Crippen LogP contribution in [0.2, 0.25) is 0 Å². The number of carboxylic acid groups (broad SMARTS) is 1. The highest BCUT2D eigenvalue weighted by Crippen LogP contribution is 2.29. The van der Waals surface area contributed by atoms with Gasteiger partial charge in [-0.15, -0.1) is 0 Å². The average Bonchev–Trinajstić information content (AvgIpc) is 2.54. The molecule has 120 valence electrons. The zero-order valence-electron chi connectivity index (χ0n) is 12.6. The molecule has 0 saturated heterocycles. The van der Waals surface area contributed by atoms with Crippen LogP contribution < -0.4 is 20.1 Å². The molecule has 2 aromatic rings. The molecular weight excluding hydrogens is 316 g/mol. The molecule has 3 N–H and O–H groups in total. The molecule has 0 saturated carbocycles. The van der Waals surface area contributed by atoms with Gasteiger partial charge in [0.1, 0.15) is 0 Å². The van der Waals surface area contributed by atoms with E-state index in [9.17, 15) is 4.79 Å². The molecule has 0 spiro atoms. The van der Waals surface area contributed by atoms with E-state index in [2.05, 4.69) is 10.6 Å². The van der Waals surface area contributed by atoms with Crippen LogP contribution >= 0.6 is 12.2 Å². The zero-order chi connectivity index (χ0) is 16.8. The number of hydrogen-bond donors (Lipinski definition) is 3. The van der Waals surface area contributed by atoms with Crippen LogP contribution in [0.25, 0.3) is 0 Å². The minimum atomic E-state index is -0.993. The quantitative estimate of drug-likeness (QED) is 0.726. The summed E-state index contributed by atoms with van der Waals surface area (Å²) in [5.41, 5.74) is 1.49. The first-order valence-electron chi connectivity index (χ1n) is 6.67. The zero-order valence-corrected chi connectivity index (χ0v) is 13.4. The Morgan fingerprint density at radius 2 is 1.65 bits per heavy atom. The molecule has 0 unspecified atom stereocenters. The van der Waals surface area contributed by atoms with Crippen LogP contribution in [0.4, 0.5) is 11.4 Å². The molecule has 2 rings (SSSR count). The predicted octanol–water partition coefficient (Wildman–Crippen LogP) is 3.21. The molecule has 0 radical (unpaired) electrons. The minimum absolute atomic E-state index is 0.184. The summed E-state index contributed by atoms with van der Waals surface area (Å²) in [7, 11) is 3.11. The maximum absolute atomic E-state index is 11.0. The lowest BCUT2D eigenvalue weighted by molar-refractivity contribution is 0.0697. The van der Waals surface area contributed by atoms with Crippen molar-refractivity contribution in [2.75, 3.05) is 24.9 Å². The van der Waals surface area contributed by atoms with Gasteiger partial charge < -0.3 is 25.2 Å². The van der Waals surface area contributed by atoms with Gasteiger partial charge in [-0.25, -0.2) is 4.79 Å². The summed E-state index contributed by atoms with van der Waals surface area (Å²) in [5, 5.41) is 15.3. The second kappa shape index (κ2) is 7.46. The molecule has 0 bridgehead atoms. The largest absolute Gasteiger partial charge is 0.493 e. The lowest BCUT2D eigenvalue weighted by atomic mass is 10.2. The van der Waals surface area contributed by atoms with Crippen molar-refractivity contribution >= 4 is 34.7 Å². The van der Waals surface area contributed by atoms with Crippen molar-refractivity contribution in [3.8, 4) is 11.5 Å². The molecule has 0 amide bonds. The summed E-state index contributed by atoms with van der Waals surface area (Å²) < 4.78 is 10.4. The van der Waals surface area contributed by atoms with Crippen molar-refractivity contribution in [3.63, 3.8) is 0 Å². The number of aromatic carboxylic acids is 1. The van der Waals surface area contributed by atoms with Gasteiger partial charge in [0, 0.05) is 17.4 Å². The van der Waals surface area contributed by atoms with E-state index in [1.807, 2.05) is 0 Å². The number of methoxy groups -OCH3 is 2. The number of carbonyl (C=O) groups is 1. The third-order valence-corrected chi connectivity index (χ3v) is 3.21. The van der Waals surface area contributed by atoms with Crippen molar-refractivity contribution in [2.24, 2.45) is 0 Å². The van der Waals surface area contributed by atoms with Crippen molar-refractivity contribution < 1.29 is 19.4 Å². The Balaban J connectivity index is 2.08. The summed E-state index contributed by atoms with van der Waals surface area (Å²) in [6.07, 6.45) is 0. The number of benzene rings is 2. The number of rotatable bonds is 5. The third kappa shape index (κ3) is 4.33. The van der Waals surface area contributed by atoms with Gasteiger partial charge in [0.25, 0.3) is 0 Å². The third-order valence-electron chi connectivity index (χ3n) is 3.01. The first-order chi connectivity index (χ1) is 11.0. The predicted molar refractivity (Wildman–Crippen MR) is 92.8 cm³/mol. The lowest BCUT2D eigenvalue weighted by Crippen LogP contribution is -2.19. The molecule has 0 aliphatic rings. The number of carboxylic acids is 1. The fourth-order valence-corrected chi connectivity index (χ4v) is 2.17. The summed E-state index contributed by atoms with van der Waals surface area (Å²) in [6, 6.07) is 11.7. The van der Waals surface area contributed by atoms with Crippen LogP contribution in [0.5, 0.6) is 11.5 Å². The average molecular weight is 332 g/mol. The van der Waals surface area contributed by atoms with E-state index in [4.69, 9.17) is 26.8 Å². The summed E-state index contributed by atoms with van der Waals surface area (Å²) in [5.74, 6) is 0.201. The topological polar surface area (TPSA) is 79.8 Å². The number of hydrogen-bond acceptors (Lipinski definition) is 4. The molecule has 0 aliphatic heterocycles. The Bertz CT molecular complexity index is 734. The number of nitrogens with one attached hydrogen (secondary N) is 2. The van der Waals surface area contributed by atoms with Crippen molar-refractivity contribution in [3.05, 3.63) is 48.0 Å². The molecule has 6 nitrogen and oxygen atoms in total. The standard InChI is InChI=1S/C16H16N2O4S/c1-21-13-7-6-12(9-14(13)22-2)18-16(23)17-11-5-3-4-10(8-11)15(19)20/h3-9H,1-2H3,(H,19,20)(H2,17,18,23). The first-order valence-corrected chi connectivity index (χ1v) is 7.07. The molecule has 0 aliphatic carbocycles. The van der Waals surface area contributed by atoms with Crippen LogP contribution in [-0.2, 0) is 0 Å². The van der Waals surface area contributed by atoms with Gasteiger partial charge in [0.2, 0.25) is 0 Å². The van der Waals surface area contributed by atoms with E-state index in [1.165, 1.54) is 12.1 Å². The Kier molecular flexibility index (Phi) is 5.37. The van der Waals surface area contributed by atoms with Crippen molar-refractivity contribution in [2.45, 2.75) is 0 Å². The van der Waals surface area contributed by atoms with Gasteiger partial charge in [-0.3, -0.25) is 0 Å². The minimum Gasteiger partial charge on any atom is -0.493 e. The SMILES string of the molecule is COc1ccc(NC(=S)Nc2cccc(C(=O)O)c2)cc1OC. The van der Waals surface area contributed by atoms with E-state index in [0.717, 1.165) is 5.69 Å². The van der Waals surface area contributed by atoms with E-state index >= 15 is 0 Å². The molecular formula is C16H16N2O4S. The van der Waals surface area contributed by atoms with E-state index < -0.39 is 5.97 Å². The highest BCUT2D eigenvalue weighted by molar-refractivity contribution is 7.80. The highest BCUT2D eigenvalue weighted by Gasteiger charge is 2.07. The lowest BCUT2D eigenvalue weighted by Gasteiger charge is -2.13. The second-order valence-electron chi connectivity index (χ2n) is 4.53. The number of thiocarbonyl (C=S) groups is 1. The molecule has 0 atom stereocenters. The van der Waals surface area contributed by atoms with Crippen molar-refractivity contribution in [1.29, 1.82) is 0 Å². The van der Waals surface area contributed by atoms with Crippen molar-refractivity contribution in [1.82, 2.24) is 0 Å². The Labute approximate surface area is 139 Å². The molecule has 2 aromatic carbocycles. The summed E-state index contributed by atoms with van der Waals surface area (Å²) in [4.78, 5) is 11.0. The summed E-state index contributed by atoms with van der Waals surface area (Å²) in [6.45, 7) is 0. The van der Waals surface area contributed by atoms with Crippen LogP contribution in [0, 0.1) is 0 Å². The van der Waals surface area contributed by atoms with Crippen LogP contribution in [0.3, 0.4) is 0 Å². The first kappa shape index (κ1) is 16.6. The second-order valence-corrected chi connectivity index (χ2v) is 4.94. The van der Waals surface area contributed by atoms with E-state index in [0.29, 0.717) is 22.3 Å². The molecule has 0 heterocycles. The maximum atomic E-state index is 11.0.